The van der Waals surface area contributed by atoms with Gasteiger partial charge in [-0.1, -0.05) is 38.8 Å². The Bertz CT molecular complexity index is 474. The maximum Gasteiger partial charge on any atom is 0.0649 e. The summed E-state index contributed by atoms with van der Waals surface area (Å²) >= 11 is 6.92. The molecule has 2 rings (SSSR count). The van der Waals surface area contributed by atoms with Gasteiger partial charge in [-0.25, -0.2) is 4.68 Å². The molecule has 0 saturated heterocycles. The first kappa shape index (κ1) is 11.9. The van der Waals surface area contributed by atoms with Crippen molar-refractivity contribution >= 4 is 31.9 Å². The topological polar surface area (TPSA) is 17.8 Å². The van der Waals surface area contributed by atoms with Gasteiger partial charge in [0.05, 0.1) is 11.9 Å². The van der Waals surface area contributed by atoms with Gasteiger partial charge in [-0.05, 0) is 30.7 Å². The molecule has 2 nitrogen and oxygen atoms in total. The highest BCUT2D eigenvalue weighted by Crippen LogP contribution is 2.19. The van der Waals surface area contributed by atoms with Crippen LogP contribution in [-0.4, -0.2) is 9.78 Å². The lowest BCUT2D eigenvalue weighted by molar-refractivity contribution is 0.811. The second-order valence-corrected chi connectivity index (χ2v) is 4.97. The highest BCUT2D eigenvalue weighted by molar-refractivity contribution is 9.10. The fourth-order valence-electron chi connectivity index (χ4n) is 1.70. The molecular weight excluding hydrogens is 332 g/mol. The minimum atomic E-state index is 0.854. The van der Waals surface area contributed by atoms with Crippen LogP contribution < -0.4 is 0 Å². The Kier molecular flexibility index (Phi) is 3.82. The molecule has 1 heterocycles. The van der Waals surface area contributed by atoms with Crippen molar-refractivity contribution in [2.75, 3.05) is 0 Å². The van der Waals surface area contributed by atoms with E-state index in [1.54, 1.807) is 0 Å². The van der Waals surface area contributed by atoms with Gasteiger partial charge >= 0.3 is 0 Å². The molecule has 0 radical (unpaired) electrons. The van der Waals surface area contributed by atoms with Crippen LogP contribution >= 0.6 is 31.9 Å². The van der Waals surface area contributed by atoms with Gasteiger partial charge in [0.1, 0.15) is 0 Å². The van der Waals surface area contributed by atoms with Gasteiger partial charge < -0.3 is 0 Å². The number of halogens is 2. The number of hydrogen-bond acceptors (Lipinski definition) is 1. The lowest BCUT2D eigenvalue weighted by atomic mass is 10.2. The molecule has 0 atom stereocenters. The molecule has 0 amide bonds. The van der Waals surface area contributed by atoms with Crippen LogP contribution in [0.4, 0.5) is 0 Å². The number of rotatable bonds is 3. The number of hydrogen-bond donors (Lipinski definition) is 0. The number of alkyl halides is 1. The Labute approximate surface area is 112 Å². The summed E-state index contributed by atoms with van der Waals surface area (Å²) in [7, 11) is 0. The van der Waals surface area contributed by atoms with Crippen molar-refractivity contribution < 1.29 is 0 Å². The third-order valence-corrected chi connectivity index (χ3v) is 3.64. The zero-order valence-corrected chi connectivity index (χ0v) is 12.1. The summed E-state index contributed by atoms with van der Waals surface area (Å²) in [5, 5.41) is 5.28. The summed E-state index contributed by atoms with van der Waals surface area (Å²) in [6, 6.07) is 8.19. The third-order valence-electron chi connectivity index (χ3n) is 2.51. The molecule has 0 unspecified atom stereocenters. The zero-order valence-electron chi connectivity index (χ0n) is 8.95. The Morgan fingerprint density at radius 2 is 1.94 bits per heavy atom. The molecule has 0 spiro atoms. The van der Waals surface area contributed by atoms with Gasteiger partial charge in [0.25, 0.3) is 0 Å². The molecule has 1 aromatic carbocycles. The van der Waals surface area contributed by atoms with Crippen LogP contribution in [0.25, 0.3) is 5.69 Å². The Morgan fingerprint density at radius 3 is 2.50 bits per heavy atom. The summed E-state index contributed by atoms with van der Waals surface area (Å²) in [6.45, 7) is 2.15. The first-order valence-electron chi connectivity index (χ1n) is 5.14. The van der Waals surface area contributed by atoms with Crippen LogP contribution in [0, 0.1) is 0 Å². The Balaban J connectivity index is 2.47. The van der Waals surface area contributed by atoms with Crippen molar-refractivity contribution in [3.8, 4) is 5.69 Å². The minimum absolute atomic E-state index is 0.854. The molecule has 0 bridgehead atoms. The average Bonchev–Trinajstić information content (AvgIpc) is 2.72. The quantitative estimate of drug-likeness (QED) is 0.767. The van der Waals surface area contributed by atoms with Crippen LogP contribution in [0.15, 0.2) is 34.9 Å². The smallest absolute Gasteiger partial charge is 0.0649 e. The molecule has 0 aliphatic heterocycles. The fraction of sp³-hybridized carbons (Fsp3) is 0.250. The van der Waals surface area contributed by atoms with E-state index in [4.69, 9.17) is 0 Å². The number of nitrogens with zero attached hydrogens (tertiary/aromatic N) is 2. The number of benzene rings is 1. The van der Waals surface area contributed by atoms with Gasteiger partial charge in [-0.2, -0.15) is 5.10 Å². The molecule has 0 aliphatic carbocycles. The highest BCUT2D eigenvalue weighted by Gasteiger charge is 2.09. The van der Waals surface area contributed by atoms with E-state index in [9.17, 15) is 0 Å². The predicted molar refractivity (Wildman–Crippen MR) is 73.3 cm³/mol. The maximum atomic E-state index is 4.43. The second kappa shape index (κ2) is 5.15. The van der Waals surface area contributed by atoms with Gasteiger partial charge in [0, 0.05) is 21.1 Å². The van der Waals surface area contributed by atoms with Crippen LogP contribution in [-0.2, 0) is 11.8 Å². The Morgan fingerprint density at radius 1 is 1.25 bits per heavy atom. The first-order valence-corrected chi connectivity index (χ1v) is 7.05. The summed E-state index contributed by atoms with van der Waals surface area (Å²) in [4.78, 5) is 0. The number of aromatic nitrogens is 2. The molecule has 16 heavy (non-hydrogen) atoms. The Hall–Kier alpha value is -0.610. The van der Waals surface area contributed by atoms with Gasteiger partial charge in [0.2, 0.25) is 0 Å². The summed E-state index contributed by atoms with van der Waals surface area (Å²) < 4.78 is 3.09. The van der Waals surface area contributed by atoms with Crippen molar-refractivity contribution in [1.82, 2.24) is 9.78 Å². The van der Waals surface area contributed by atoms with E-state index in [1.165, 1.54) is 11.3 Å². The van der Waals surface area contributed by atoms with E-state index in [0.29, 0.717) is 0 Å². The fourth-order valence-corrected chi connectivity index (χ4v) is 2.43. The first-order chi connectivity index (χ1) is 7.76. The second-order valence-electron chi connectivity index (χ2n) is 3.49. The maximum absolute atomic E-state index is 4.43. The zero-order chi connectivity index (χ0) is 11.5. The molecule has 84 valence electrons. The van der Waals surface area contributed by atoms with Crippen LogP contribution in [0.5, 0.6) is 0 Å². The van der Waals surface area contributed by atoms with Gasteiger partial charge in [-0.15, -0.1) is 0 Å². The van der Waals surface area contributed by atoms with Crippen molar-refractivity contribution in [3.05, 3.63) is 46.2 Å². The van der Waals surface area contributed by atoms with Crippen molar-refractivity contribution in [1.29, 1.82) is 0 Å². The lowest BCUT2D eigenvalue weighted by Gasteiger charge is -2.07. The van der Waals surface area contributed by atoms with E-state index < -0.39 is 0 Å². The minimum Gasteiger partial charge on any atom is -0.238 e. The summed E-state index contributed by atoms with van der Waals surface area (Å²) in [5.74, 6) is 0. The molecule has 4 heteroatoms. The van der Waals surface area contributed by atoms with E-state index in [0.717, 1.165) is 21.9 Å². The highest BCUT2D eigenvalue weighted by atomic mass is 79.9. The molecule has 1 aromatic heterocycles. The van der Waals surface area contributed by atoms with E-state index in [1.807, 2.05) is 23.0 Å². The van der Waals surface area contributed by atoms with E-state index >= 15 is 0 Å². The molecule has 0 N–H and O–H groups in total. The normalized spacial score (nSPS) is 10.7. The van der Waals surface area contributed by atoms with Crippen molar-refractivity contribution in [2.45, 2.75) is 18.7 Å². The summed E-state index contributed by atoms with van der Waals surface area (Å²) in [6.07, 6.45) is 2.91. The monoisotopic (exact) mass is 342 g/mol. The van der Waals surface area contributed by atoms with E-state index in [-0.39, 0.29) is 0 Å². The van der Waals surface area contributed by atoms with Gasteiger partial charge in [-0.3, -0.25) is 0 Å². The van der Waals surface area contributed by atoms with Crippen LogP contribution in [0.1, 0.15) is 18.2 Å². The van der Waals surface area contributed by atoms with Crippen LogP contribution in [0.2, 0.25) is 0 Å². The van der Waals surface area contributed by atoms with E-state index in [2.05, 4.69) is 56.0 Å². The standard InChI is InChI=1S/C12H12Br2N2/c1-2-12-9(7-13)8-15-16(12)11-5-3-10(14)4-6-11/h3-6,8H,2,7H2,1H3. The van der Waals surface area contributed by atoms with Gasteiger partial charge in [0.15, 0.2) is 0 Å². The molecular formula is C12H12Br2N2. The predicted octanol–water partition coefficient (Wildman–Crippen LogP) is 4.09. The SMILES string of the molecule is CCc1c(CBr)cnn1-c1ccc(Br)cc1. The lowest BCUT2D eigenvalue weighted by Crippen LogP contribution is -2.02. The summed E-state index contributed by atoms with van der Waals surface area (Å²) in [5.41, 5.74) is 3.62. The molecule has 0 saturated carbocycles. The largest absolute Gasteiger partial charge is 0.238 e. The average molecular weight is 344 g/mol. The molecule has 2 aromatic rings. The third kappa shape index (κ3) is 2.23. The van der Waals surface area contributed by atoms with Crippen molar-refractivity contribution in [3.63, 3.8) is 0 Å². The molecule has 0 fully saturated rings. The molecule has 0 aliphatic rings. The van der Waals surface area contributed by atoms with Crippen LogP contribution in [0.3, 0.4) is 0 Å². The van der Waals surface area contributed by atoms with Crippen molar-refractivity contribution in [2.24, 2.45) is 0 Å².